The Morgan fingerprint density at radius 1 is 1.00 bits per heavy atom. The van der Waals surface area contributed by atoms with Crippen LogP contribution in [0.3, 0.4) is 0 Å². The smallest absolute Gasteiger partial charge is 0.243 e. The highest BCUT2D eigenvalue weighted by Crippen LogP contribution is 2.28. The largest absolute Gasteiger partial charge is 0.506 e. The fourth-order valence-electron chi connectivity index (χ4n) is 3.10. The Morgan fingerprint density at radius 3 is 2.30 bits per heavy atom. The van der Waals surface area contributed by atoms with Gasteiger partial charge in [0.25, 0.3) is 0 Å². The van der Waals surface area contributed by atoms with Crippen LogP contribution in [0.5, 0.6) is 5.75 Å². The molecular formula is C22H28N2O5S. The molecule has 0 radical (unpaired) electrons. The fourth-order valence-corrected chi connectivity index (χ4v) is 4.58. The minimum absolute atomic E-state index is 0.00702. The maximum atomic E-state index is 12.7. The second kappa shape index (κ2) is 9.86. The number of amides is 1. The predicted molar refractivity (Wildman–Crippen MR) is 116 cm³/mol. The third kappa shape index (κ3) is 5.46. The quantitative estimate of drug-likeness (QED) is 0.465. The van der Waals surface area contributed by atoms with Gasteiger partial charge in [0.1, 0.15) is 5.75 Å². The normalized spacial score (nSPS) is 11.5. The Labute approximate surface area is 177 Å². The number of Topliss-reactive ketones (excluding diaryl/α,β-unsaturated/α-hetero) is 1. The molecule has 0 heterocycles. The SMILES string of the molecule is CCN(CC)S(=O)(=O)c1ccc(O)c(NC(=O)CCC(=O)c2cc(C)ccc2C)c1. The van der Waals surface area contributed by atoms with E-state index in [9.17, 15) is 23.1 Å². The first-order valence-corrected chi connectivity index (χ1v) is 11.3. The lowest BCUT2D eigenvalue weighted by molar-refractivity contribution is -0.116. The molecule has 162 valence electrons. The van der Waals surface area contributed by atoms with E-state index in [0.29, 0.717) is 18.7 Å². The number of aromatic hydroxyl groups is 1. The number of ketones is 1. The molecule has 8 heteroatoms. The third-order valence-corrected chi connectivity index (χ3v) is 6.90. The molecule has 0 bridgehead atoms. The first kappa shape index (κ1) is 23.6. The highest BCUT2D eigenvalue weighted by molar-refractivity contribution is 7.89. The van der Waals surface area contributed by atoms with Crippen LogP contribution in [0.4, 0.5) is 5.69 Å². The molecule has 0 aliphatic heterocycles. The molecule has 0 aromatic heterocycles. The number of benzene rings is 2. The van der Waals surface area contributed by atoms with Crippen molar-refractivity contribution in [2.45, 2.75) is 45.4 Å². The third-order valence-electron chi connectivity index (χ3n) is 4.86. The number of rotatable bonds is 9. The summed E-state index contributed by atoms with van der Waals surface area (Å²) in [5.41, 5.74) is 2.38. The van der Waals surface area contributed by atoms with E-state index in [1.165, 1.54) is 22.5 Å². The van der Waals surface area contributed by atoms with Crippen LogP contribution < -0.4 is 5.32 Å². The number of hydrogen-bond donors (Lipinski definition) is 2. The second-order valence-electron chi connectivity index (χ2n) is 7.06. The zero-order valence-electron chi connectivity index (χ0n) is 17.7. The monoisotopic (exact) mass is 432 g/mol. The lowest BCUT2D eigenvalue weighted by atomic mass is 9.99. The summed E-state index contributed by atoms with van der Waals surface area (Å²) in [5.74, 6) is -0.877. The van der Waals surface area contributed by atoms with Crippen molar-refractivity contribution in [2.75, 3.05) is 18.4 Å². The number of sulfonamides is 1. The van der Waals surface area contributed by atoms with Crippen LogP contribution >= 0.6 is 0 Å². The van der Waals surface area contributed by atoms with Crippen LogP contribution in [-0.2, 0) is 14.8 Å². The van der Waals surface area contributed by atoms with Crippen molar-refractivity contribution in [3.63, 3.8) is 0 Å². The molecule has 2 aromatic carbocycles. The molecule has 0 fully saturated rings. The van der Waals surface area contributed by atoms with Crippen molar-refractivity contribution in [1.82, 2.24) is 4.31 Å². The highest BCUT2D eigenvalue weighted by atomic mass is 32.2. The van der Waals surface area contributed by atoms with Crippen molar-refractivity contribution in [2.24, 2.45) is 0 Å². The molecule has 2 N–H and O–H groups in total. The van der Waals surface area contributed by atoms with Crippen molar-refractivity contribution in [1.29, 1.82) is 0 Å². The number of hydrogen-bond acceptors (Lipinski definition) is 5. The van der Waals surface area contributed by atoms with Crippen LogP contribution in [0.1, 0.15) is 48.2 Å². The van der Waals surface area contributed by atoms with Crippen LogP contribution in [0.15, 0.2) is 41.3 Å². The average Bonchev–Trinajstić information content (AvgIpc) is 2.70. The Balaban J connectivity index is 2.11. The van der Waals surface area contributed by atoms with Gasteiger partial charge in [0.05, 0.1) is 10.6 Å². The van der Waals surface area contributed by atoms with Gasteiger partial charge in [-0.1, -0.05) is 31.5 Å². The van der Waals surface area contributed by atoms with E-state index < -0.39 is 15.9 Å². The average molecular weight is 433 g/mol. The van der Waals surface area contributed by atoms with Crippen molar-refractivity contribution < 1.29 is 23.1 Å². The van der Waals surface area contributed by atoms with Crippen LogP contribution in [0, 0.1) is 13.8 Å². The summed E-state index contributed by atoms with van der Waals surface area (Å²) in [5, 5.41) is 12.5. The van der Waals surface area contributed by atoms with E-state index in [-0.39, 0.29) is 35.0 Å². The summed E-state index contributed by atoms with van der Waals surface area (Å²) in [4.78, 5) is 24.8. The van der Waals surface area contributed by atoms with E-state index in [1.807, 2.05) is 26.0 Å². The van der Waals surface area contributed by atoms with E-state index in [0.717, 1.165) is 11.1 Å². The number of carbonyl (C=O) groups excluding carboxylic acids is 2. The maximum absolute atomic E-state index is 12.7. The van der Waals surface area contributed by atoms with Gasteiger partial charge in [-0.2, -0.15) is 4.31 Å². The van der Waals surface area contributed by atoms with Gasteiger partial charge in [-0.05, 0) is 43.7 Å². The Hall–Kier alpha value is -2.71. The molecule has 0 aliphatic carbocycles. The molecule has 0 saturated carbocycles. The zero-order valence-corrected chi connectivity index (χ0v) is 18.5. The van der Waals surface area contributed by atoms with Crippen molar-refractivity contribution in [3.8, 4) is 5.75 Å². The van der Waals surface area contributed by atoms with E-state index in [1.54, 1.807) is 19.9 Å². The number of anilines is 1. The second-order valence-corrected chi connectivity index (χ2v) is 9.00. The molecule has 2 aromatic rings. The van der Waals surface area contributed by atoms with Crippen LogP contribution in [0.2, 0.25) is 0 Å². The minimum Gasteiger partial charge on any atom is -0.506 e. The first-order chi connectivity index (χ1) is 14.1. The molecule has 0 unspecified atom stereocenters. The summed E-state index contributed by atoms with van der Waals surface area (Å²) in [6, 6.07) is 9.33. The van der Waals surface area contributed by atoms with Gasteiger partial charge in [0.2, 0.25) is 15.9 Å². The van der Waals surface area contributed by atoms with E-state index in [4.69, 9.17) is 0 Å². The van der Waals surface area contributed by atoms with Gasteiger partial charge in [0.15, 0.2) is 5.78 Å². The van der Waals surface area contributed by atoms with Gasteiger partial charge < -0.3 is 10.4 Å². The van der Waals surface area contributed by atoms with Gasteiger partial charge in [-0.25, -0.2) is 8.42 Å². The molecular weight excluding hydrogens is 404 g/mol. The van der Waals surface area contributed by atoms with Crippen molar-refractivity contribution >= 4 is 27.4 Å². The molecule has 2 rings (SSSR count). The van der Waals surface area contributed by atoms with Gasteiger partial charge >= 0.3 is 0 Å². The van der Waals surface area contributed by atoms with Gasteiger partial charge in [-0.3, -0.25) is 9.59 Å². The number of phenolic OH excluding ortho intramolecular Hbond substituents is 1. The van der Waals surface area contributed by atoms with Gasteiger partial charge in [-0.15, -0.1) is 0 Å². The lowest BCUT2D eigenvalue weighted by Gasteiger charge is -2.19. The standard InChI is InChI=1S/C22H28N2O5S/c1-5-24(6-2)30(28,29)17-9-10-21(26)19(14-17)23-22(27)12-11-20(25)18-13-15(3)7-8-16(18)4/h7-10,13-14,26H,5-6,11-12H2,1-4H3,(H,23,27). The van der Waals surface area contributed by atoms with Crippen LogP contribution in [0.25, 0.3) is 0 Å². The van der Waals surface area contributed by atoms with Crippen LogP contribution in [-0.4, -0.2) is 42.6 Å². The predicted octanol–water partition coefficient (Wildman–Crippen LogP) is 3.64. The summed E-state index contributed by atoms with van der Waals surface area (Å²) in [6.07, 6.45) is -0.0764. The first-order valence-electron chi connectivity index (χ1n) is 9.83. The molecule has 30 heavy (non-hydrogen) atoms. The highest BCUT2D eigenvalue weighted by Gasteiger charge is 2.23. The molecule has 0 spiro atoms. The molecule has 0 saturated heterocycles. The molecule has 7 nitrogen and oxygen atoms in total. The number of aryl methyl sites for hydroxylation is 2. The Kier molecular flexibility index (Phi) is 7.75. The number of nitrogens with zero attached hydrogens (tertiary/aromatic N) is 1. The molecule has 1 amide bonds. The number of nitrogens with one attached hydrogen (secondary N) is 1. The van der Waals surface area contributed by atoms with Gasteiger partial charge in [0, 0.05) is 31.5 Å². The molecule has 0 aliphatic rings. The summed E-state index contributed by atoms with van der Waals surface area (Å²) in [7, 11) is -3.73. The van der Waals surface area contributed by atoms with Crippen molar-refractivity contribution in [3.05, 3.63) is 53.1 Å². The molecule has 0 atom stereocenters. The minimum atomic E-state index is -3.73. The summed E-state index contributed by atoms with van der Waals surface area (Å²) in [6.45, 7) is 7.82. The number of phenols is 1. The maximum Gasteiger partial charge on any atom is 0.243 e. The summed E-state index contributed by atoms with van der Waals surface area (Å²) >= 11 is 0. The number of carbonyl (C=O) groups is 2. The fraction of sp³-hybridized carbons (Fsp3) is 0.364. The Morgan fingerprint density at radius 2 is 1.67 bits per heavy atom. The van der Waals surface area contributed by atoms with E-state index in [2.05, 4.69) is 5.32 Å². The zero-order chi connectivity index (χ0) is 22.5. The topological polar surface area (TPSA) is 104 Å². The lowest BCUT2D eigenvalue weighted by Crippen LogP contribution is -2.30. The summed E-state index contributed by atoms with van der Waals surface area (Å²) < 4.78 is 26.6. The van der Waals surface area contributed by atoms with E-state index >= 15 is 0 Å². The Bertz CT molecular complexity index is 1040.